The molecule has 3 rings (SSSR count). The van der Waals surface area contributed by atoms with Crippen molar-refractivity contribution in [3.05, 3.63) is 57.5 Å². The van der Waals surface area contributed by atoms with Crippen molar-refractivity contribution in [2.24, 2.45) is 0 Å². The Morgan fingerprint density at radius 3 is 2.88 bits per heavy atom. The summed E-state index contributed by atoms with van der Waals surface area (Å²) >= 11 is 6.03. The summed E-state index contributed by atoms with van der Waals surface area (Å²) in [5.41, 5.74) is 2.67. The third-order valence-electron chi connectivity index (χ3n) is 3.56. The Morgan fingerprint density at radius 2 is 2.12 bits per heavy atom. The lowest BCUT2D eigenvalue weighted by molar-refractivity contribution is -0.116. The molecule has 1 heterocycles. The summed E-state index contributed by atoms with van der Waals surface area (Å²) in [6.45, 7) is 0. The molecule has 0 atom stereocenters. The summed E-state index contributed by atoms with van der Waals surface area (Å²) in [6.07, 6.45) is 0.843. The molecule has 0 saturated carbocycles. The predicted octanol–water partition coefficient (Wildman–Crippen LogP) is 3.35. The Morgan fingerprint density at radius 1 is 1.29 bits per heavy atom. The molecule has 0 aliphatic heterocycles. The SMILES string of the molecule is COc1ccc(NC(=O)CCc2ccc3oc(=O)[nH]c3c2)cc1Cl. The number of hydrogen-bond donors (Lipinski definition) is 2. The van der Waals surface area contributed by atoms with Gasteiger partial charge in [0.1, 0.15) is 5.75 Å². The van der Waals surface area contributed by atoms with Crippen LogP contribution in [0.5, 0.6) is 5.75 Å². The summed E-state index contributed by atoms with van der Waals surface area (Å²) in [5.74, 6) is -0.0645. The lowest BCUT2D eigenvalue weighted by Gasteiger charge is -2.08. The molecular weight excluding hydrogens is 332 g/mol. The van der Waals surface area contributed by atoms with Gasteiger partial charge in [0.05, 0.1) is 17.6 Å². The number of carbonyl (C=O) groups is 1. The van der Waals surface area contributed by atoms with Crippen LogP contribution in [-0.2, 0) is 11.2 Å². The van der Waals surface area contributed by atoms with Crippen LogP contribution in [0.15, 0.2) is 45.6 Å². The van der Waals surface area contributed by atoms with Gasteiger partial charge < -0.3 is 14.5 Å². The van der Waals surface area contributed by atoms with Gasteiger partial charge in [0.25, 0.3) is 0 Å². The van der Waals surface area contributed by atoms with Gasteiger partial charge in [-0.05, 0) is 42.3 Å². The van der Waals surface area contributed by atoms with Gasteiger partial charge in [0.15, 0.2) is 5.58 Å². The van der Waals surface area contributed by atoms with Gasteiger partial charge in [0, 0.05) is 12.1 Å². The van der Waals surface area contributed by atoms with Crippen LogP contribution in [0, 0.1) is 0 Å². The van der Waals surface area contributed by atoms with Gasteiger partial charge in [-0.15, -0.1) is 0 Å². The normalized spacial score (nSPS) is 10.8. The van der Waals surface area contributed by atoms with Crippen molar-refractivity contribution in [3.8, 4) is 5.75 Å². The number of aromatic nitrogens is 1. The number of nitrogens with one attached hydrogen (secondary N) is 2. The molecule has 0 bridgehead atoms. The zero-order chi connectivity index (χ0) is 17.1. The number of rotatable bonds is 5. The molecule has 124 valence electrons. The van der Waals surface area contributed by atoms with E-state index in [1.54, 1.807) is 30.3 Å². The highest BCUT2D eigenvalue weighted by Crippen LogP contribution is 2.27. The average Bonchev–Trinajstić information content (AvgIpc) is 2.92. The number of halogens is 1. The number of H-pyrrole nitrogens is 1. The summed E-state index contributed by atoms with van der Waals surface area (Å²) in [7, 11) is 1.53. The van der Waals surface area contributed by atoms with Gasteiger partial charge in [-0.1, -0.05) is 17.7 Å². The molecule has 0 radical (unpaired) electrons. The zero-order valence-corrected chi connectivity index (χ0v) is 13.6. The highest BCUT2D eigenvalue weighted by molar-refractivity contribution is 6.32. The third-order valence-corrected chi connectivity index (χ3v) is 3.86. The van der Waals surface area contributed by atoms with E-state index in [9.17, 15) is 9.59 Å². The lowest BCUT2D eigenvalue weighted by Crippen LogP contribution is -2.12. The minimum absolute atomic E-state index is 0.128. The third kappa shape index (κ3) is 3.60. The smallest absolute Gasteiger partial charge is 0.417 e. The first kappa shape index (κ1) is 16.1. The molecule has 0 unspecified atom stereocenters. The van der Waals surface area contributed by atoms with E-state index in [0.717, 1.165) is 5.56 Å². The van der Waals surface area contributed by atoms with Crippen molar-refractivity contribution >= 4 is 34.3 Å². The monoisotopic (exact) mass is 346 g/mol. The number of ether oxygens (including phenoxy) is 1. The zero-order valence-electron chi connectivity index (χ0n) is 12.9. The number of aryl methyl sites for hydroxylation is 1. The number of anilines is 1. The first-order valence-corrected chi connectivity index (χ1v) is 7.68. The molecule has 0 saturated heterocycles. The standard InChI is InChI=1S/C17H15ClN2O4/c1-23-14-6-4-11(9-12(14)18)19-16(21)7-3-10-2-5-15-13(8-10)20-17(22)24-15/h2,4-6,8-9H,3,7H2,1H3,(H,19,21)(H,20,22). The lowest BCUT2D eigenvalue weighted by atomic mass is 10.1. The molecule has 7 heteroatoms. The van der Waals surface area contributed by atoms with E-state index in [1.165, 1.54) is 7.11 Å². The molecule has 0 spiro atoms. The van der Waals surface area contributed by atoms with Crippen LogP contribution in [0.25, 0.3) is 11.1 Å². The number of aromatic amines is 1. The number of carbonyl (C=O) groups excluding carboxylic acids is 1. The summed E-state index contributed by atoms with van der Waals surface area (Å²) in [5, 5.41) is 3.23. The largest absolute Gasteiger partial charge is 0.495 e. The summed E-state index contributed by atoms with van der Waals surface area (Å²) in [4.78, 5) is 25.8. The van der Waals surface area contributed by atoms with Crippen molar-refractivity contribution in [1.29, 1.82) is 0 Å². The van der Waals surface area contributed by atoms with Crippen LogP contribution in [0.4, 0.5) is 5.69 Å². The van der Waals surface area contributed by atoms with Crippen LogP contribution in [-0.4, -0.2) is 18.0 Å². The van der Waals surface area contributed by atoms with Crippen molar-refractivity contribution in [3.63, 3.8) is 0 Å². The molecule has 2 N–H and O–H groups in total. The van der Waals surface area contributed by atoms with E-state index in [4.69, 9.17) is 20.8 Å². The summed E-state index contributed by atoms with van der Waals surface area (Å²) in [6, 6.07) is 10.4. The molecule has 0 fully saturated rings. The molecule has 0 aliphatic carbocycles. The fraction of sp³-hybridized carbons (Fsp3) is 0.176. The van der Waals surface area contributed by atoms with E-state index in [0.29, 0.717) is 40.4 Å². The topological polar surface area (TPSA) is 84.3 Å². The van der Waals surface area contributed by atoms with Crippen LogP contribution < -0.4 is 15.8 Å². The minimum Gasteiger partial charge on any atom is -0.495 e. The quantitative estimate of drug-likeness (QED) is 0.742. The number of methoxy groups -OCH3 is 1. The van der Waals surface area contributed by atoms with Gasteiger partial charge in [-0.3, -0.25) is 9.78 Å². The second-order valence-corrected chi connectivity index (χ2v) is 5.65. The maximum Gasteiger partial charge on any atom is 0.417 e. The number of benzene rings is 2. The molecule has 24 heavy (non-hydrogen) atoms. The maximum absolute atomic E-state index is 12.1. The molecule has 6 nitrogen and oxygen atoms in total. The van der Waals surface area contributed by atoms with E-state index in [-0.39, 0.29) is 5.91 Å². The summed E-state index contributed by atoms with van der Waals surface area (Å²) < 4.78 is 10.0. The highest BCUT2D eigenvalue weighted by atomic mass is 35.5. The van der Waals surface area contributed by atoms with Gasteiger partial charge >= 0.3 is 5.76 Å². The Kier molecular flexibility index (Phi) is 4.57. The second-order valence-electron chi connectivity index (χ2n) is 5.24. The van der Waals surface area contributed by atoms with E-state index < -0.39 is 5.76 Å². The first-order chi connectivity index (χ1) is 11.5. The van der Waals surface area contributed by atoms with Crippen LogP contribution in [0.1, 0.15) is 12.0 Å². The van der Waals surface area contributed by atoms with Crippen LogP contribution in [0.2, 0.25) is 5.02 Å². The number of fused-ring (bicyclic) bond motifs is 1. The number of hydrogen-bond acceptors (Lipinski definition) is 4. The van der Waals surface area contributed by atoms with Crippen molar-refractivity contribution in [2.45, 2.75) is 12.8 Å². The Balaban J connectivity index is 1.62. The fourth-order valence-corrected chi connectivity index (χ4v) is 2.64. The van der Waals surface area contributed by atoms with Crippen molar-refractivity contribution in [2.75, 3.05) is 12.4 Å². The molecule has 3 aromatic rings. The molecular formula is C17H15ClN2O4. The fourth-order valence-electron chi connectivity index (χ4n) is 2.38. The Labute approximate surface area is 142 Å². The minimum atomic E-state index is -0.490. The average molecular weight is 347 g/mol. The van der Waals surface area contributed by atoms with Gasteiger partial charge in [-0.2, -0.15) is 0 Å². The molecule has 1 amide bonds. The molecule has 0 aliphatic rings. The van der Waals surface area contributed by atoms with E-state index in [1.807, 2.05) is 6.07 Å². The first-order valence-electron chi connectivity index (χ1n) is 7.30. The Bertz CT molecular complexity index is 945. The maximum atomic E-state index is 12.1. The predicted molar refractivity (Wildman–Crippen MR) is 91.8 cm³/mol. The Hall–Kier alpha value is -2.73. The van der Waals surface area contributed by atoms with Gasteiger partial charge in [0.2, 0.25) is 5.91 Å². The van der Waals surface area contributed by atoms with Crippen LogP contribution >= 0.6 is 11.6 Å². The van der Waals surface area contributed by atoms with Crippen molar-refractivity contribution < 1.29 is 13.9 Å². The number of oxazole rings is 1. The van der Waals surface area contributed by atoms with E-state index in [2.05, 4.69) is 10.3 Å². The van der Waals surface area contributed by atoms with Crippen LogP contribution in [0.3, 0.4) is 0 Å². The molecule has 2 aromatic carbocycles. The second kappa shape index (κ2) is 6.80. The van der Waals surface area contributed by atoms with E-state index >= 15 is 0 Å². The number of amides is 1. The molecule has 1 aromatic heterocycles. The highest BCUT2D eigenvalue weighted by Gasteiger charge is 2.07. The van der Waals surface area contributed by atoms with Crippen molar-refractivity contribution in [1.82, 2.24) is 4.98 Å². The van der Waals surface area contributed by atoms with Gasteiger partial charge in [-0.25, -0.2) is 4.79 Å².